The topological polar surface area (TPSA) is 74.7 Å². The Morgan fingerprint density at radius 3 is 2.33 bits per heavy atom. The molecule has 2 unspecified atom stereocenters. The molecule has 6 heteroatoms. The molecule has 1 N–H and O–H groups in total. The molecule has 1 saturated carbocycles. The predicted molar refractivity (Wildman–Crippen MR) is 76.3 cm³/mol. The number of carbonyl (C=O) groups is 3. The minimum Gasteiger partial charge on any atom is -0.478 e. The lowest BCUT2D eigenvalue weighted by Gasteiger charge is -2.19. The van der Waals surface area contributed by atoms with Gasteiger partial charge in [0.2, 0.25) is 11.8 Å². The number of rotatable bonds is 2. The average molecular weight is 308 g/mol. The Balaban J connectivity index is 2.06. The van der Waals surface area contributed by atoms with Crippen LogP contribution in [0.25, 0.3) is 0 Å². The van der Waals surface area contributed by atoms with E-state index in [-0.39, 0.29) is 34.9 Å². The average Bonchev–Trinajstić information content (AvgIpc) is 2.89. The Kier molecular flexibility index (Phi) is 3.24. The van der Waals surface area contributed by atoms with Crippen LogP contribution < -0.4 is 4.90 Å². The van der Waals surface area contributed by atoms with E-state index in [2.05, 4.69) is 0 Å². The highest BCUT2D eigenvalue weighted by Gasteiger charge is 2.52. The molecule has 110 valence electrons. The van der Waals surface area contributed by atoms with Gasteiger partial charge in [-0.3, -0.25) is 9.59 Å². The van der Waals surface area contributed by atoms with Crippen molar-refractivity contribution in [1.29, 1.82) is 0 Å². The third kappa shape index (κ3) is 2.12. The second-order valence-corrected chi connectivity index (χ2v) is 6.20. The van der Waals surface area contributed by atoms with Gasteiger partial charge in [-0.15, -0.1) is 0 Å². The van der Waals surface area contributed by atoms with Gasteiger partial charge in [0.15, 0.2) is 0 Å². The maximum Gasteiger partial charge on any atom is 0.337 e. The van der Waals surface area contributed by atoms with Gasteiger partial charge >= 0.3 is 5.97 Å². The number of hydrogen-bond acceptors (Lipinski definition) is 3. The van der Waals surface area contributed by atoms with E-state index >= 15 is 0 Å². The molecule has 0 radical (unpaired) electrons. The van der Waals surface area contributed by atoms with Crippen molar-refractivity contribution in [2.24, 2.45) is 17.8 Å². The second kappa shape index (κ2) is 4.84. The highest BCUT2D eigenvalue weighted by Crippen LogP contribution is 2.45. The maximum atomic E-state index is 12.5. The molecule has 21 heavy (non-hydrogen) atoms. The first-order valence-electron chi connectivity index (χ1n) is 6.80. The molecule has 0 aromatic heterocycles. The van der Waals surface area contributed by atoms with Gasteiger partial charge in [-0.1, -0.05) is 18.5 Å². The number of imide groups is 1. The molecule has 2 amide bonds. The van der Waals surface area contributed by atoms with Crippen molar-refractivity contribution in [3.8, 4) is 0 Å². The fourth-order valence-electron chi connectivity index (χ4n) is 3.39. The maximum absolute atomic E-state index is 12.5. The van der Waals surface area contributed by atoms with E-state index in [0.29, 0.717) is 23.8 Å². The number of hydrogen-bond donors (Lipinski definition) is 1. The predicted octanol–water partition coefficient (Wildman–Crippen LogP) is 2.57. The number of carboxylic acids is 1. The van der Waals surface area contributed by atoms with E-state index in [0.717, 1.165) is 4.90 Å². The highest BCUT2D eigenvalue weighted by molar-refractivity contribution is 6.32. The Labute approximate surface area is 126 Å². The van der Waals surface area contributed by atoms with Crippen LogP contribution >= 0.6 is 11.6 Å². The van der Waals surface area contributed by atoms with E-state index in [4.69, 9.17) is 11.6 Å². The van der Waals surface area contributed by atoms with E-state index < -0.39 is 5.97 Å². The fraction of sp³-hybridized carbons (Fsp3) is 0.400. The summed E-state index contributed by atoms with van der Waals surface area (Å²) < 4.78 is 0. The summed E-state index contributed by atoms with van der Waals surface area (Å²) in [7, 11) is 0. The lowest BCUT2D eigenvalue weighted by molar-refractivity contribution is -0.123. The van der Waals surface area contributed by atoms with Gasteiger partial charge in [0, 0.05) is 5.02 Å². The molecule has 5 nitrogen and oxygen atoms in total. The van der Waals surface area contributed by atoms with E-state index in [1.807, 2.05) is 6.92 Å². The van der Waals surface area contributed by atoms with Gasteiger partial charge in [0.1, 0.15) is 0 Å². The minimum absolute atomic E-state index is 0.0760. The minimum atomic E-state index is -1.19. The molecule has 2 fully saturated rings. The van der Waals surface area contributed by atoms with Crippen molar-refractivity contribution in [2.45, 2.75) is 19.8 Å². The van der Waals surface area contributed by atoms with Crippen molar-refractivity contribution in [3.05, 3.63) is 28.8 Å². The van der Waals surface area contributed by atoms with Crippen LogP contribution in [0.4, 0.5) is 5.69 Å². The number of benzene rings is 1. The number of halogens is 1. The lowest BCUT2D eigenvalue weighted by Crippen LogP contribution is -2.33. The zero-order valence-corrected chi connectivity index (χ0v) is 12.1. The van der Waals surface area contributed by atoms with Crippen LogP contribution in [0.15, 0.2) is 18.2 Å². The largest absolute Gasteiger partial charge is 0.478 e. The SMILES string of the molecule is CC1CC2C(=O)N(c3cc(Cl)ccc3C(=O)O)C(=O)C2C1. The third-order valence-corrected chi connectivity index (χ3v) is 4.54. The monoisotopic (exact) mass is 307 g/mol. The number of fused-ring (bicyclic) bond motifs is 1. The molecule has 1 heterocycles. The van der Waals surface area contributed by atoms with Crippen LogP contribution in [-0.4, -0.2) is 22.9 Å². The molecule has 1 aromatic carbocycles. The summed E-state index contributed by atoms with van der Waals surface area (Å²) in [6.07, 6.45) is 1.35. The summed E-state index contributed by atoms with van der Waals surface area (Å²) in [6, 6.07) is 4.12. The molecular weight excluding hydrogens is 294 g/mol. The van der Waals surface area contributed by atoms with E-state index in [1.165, 1.54) is 18.2 Å². The van der Waals surface area contributed by atoms with Crippen LogP contribution in [-0.2, 0) is 9.59 Å². The zero-order valence-electron chi connectivity index (χ0n) is 11.4. The van der Waals surface area contributed by atoms with Crippen molar-refractivity contribution < 1.29 is 19.5 Å². The summed E-state index contributed by atoms with van der Waals surface area (Å²) in [5, 5.41) is 9.53. The molecule has 1 aliphatic heterocycles. The van der Waals surface area contributed by atoms with Gasteiger partial charge in [-0.2, -0.15) is 0 Å². The summed E-state index contributed by atoms with van der Waals surface area (Å²) in [4.78, 5) is 37.3. The van der Waals surface area contributed by atoms with Crippen LogP contribution in [0.1, 0.15) is 30.1 Å². The molecule has 2 aliphatic rings. The first-order chi connectivity index (χ1) is 9.90. The summed E-state index contributed by atoms with van der Waals surface area (Å²) >= 11 is 5.90. The summed E-state index contributed by atoms with van der Waals surface area (Å²) in [6.45, 7) is 2.02. The lowest BCUT2D eigenvalue weighted by atomic mass is 10.00. The van der Waals surface area contributed by atoms with Crippen molar-refractivity contribution in [3.63, 3.8) is 0 Å². The Morgan fingerprint density at radius 1 is 1.24 bits per heavy atom. The first-order valence-corrected chi connectivity index (χ1v) is 7.18. The first kappa shape index (κ1) is 14.1. The Morgan fingerprint density at radius 2 is 1.81 bits per heavy atom. The van der Waals surface area contributed by atoms with E-state index in [1.54, 1.807) is 0 Å². The standard InChI is InChI=1S/C15H14ClNO4/c1-7-4-10-11(5-7)14(19)17(13(10)18)12-6-8(16)2-3-9(12)15(20)21/h2-3,6-7,10-11H,4-5H2,1H3,(H,20,21). The van der Waals surface area contributed by atoms with Crippen LogP contribution in [0.5, 0.6) is 0 Å². The van der Waals surface area contributed by atoms with E-state index in [9.17, 15) is 19.5 Å². The number of carboxylic acid groups (broad SMARTS) is 1. The smallest absolute Gasteiger partial charge is 0.337 e. The number of anilines is 1. The summed E-state index contributed by atoms with van der Waals surface area (Å²) in [5.41, 5.74) is -0.0128. The quantitative estimate of drug-likeness (QED) is 0.852. The van der Waals surface area contributed by atoms with Crippen molar-refractivity contribution >= 4 is 35.1 Å². The second-order valence-electron chi connectivity index (χ2n) is 5.77. The van der Waals surface area contributed by atoms with Crippen LogP contribution in [0.3, 0.4) is 0 Å². The Hall–Kier alpha value is -1.88. The molecule has 2 atom stereocenters. The van der Waals surface area contributed by atoms with Gasteiger partial charge in [0.05, 0.1) is 23.1 Å². The Bertz CT molecular complexity index is 633. The number of aromatic carboxylic acids is 1. The molecule has 1 aromatic rings. The van der Waals surface area contributed by atoms with Crippen molar-refractivity contribution in [1.82, 2.24) is 0 Å². The number of carbonyl (C=O) groups excluding carboxylic acids is 2. The fourth-order valence-corrected chi connectivity index (χ4v) is 3.55. The van der Waals surface area contributed by atoms with Gasteiger partial charge in [-0.25, -0.2) is 9.69 Å². The molecule has 0 bridgehead atoms. The number of nitrogens with zero attached hydrogens (tertiary/aromatic N) is 1. The zero-order chi connectivity index (χ0) is 15.3. The molecule has 1 aliphatic carbocycles. The van der Waals surface area contributed by atoms with Gasteiger partial charge < -0.3 is 5.11 Å². The van der Waals surface area contributed by atoms with Gasteiger partial charge in [-0.05, 0) is 37.0 Å². The molecule has 0 spiro atoms. The third-order valence-electron chi connectivity index (χ3n) is 4.30. The van der Waals surface area contributed by atoms with Crippen LogP contribution in [0, 0.1) is 17.8 Å². The molecule has 3 rings (SSSR count). The number of amides is 2. The molecule has 1 saturated heterocycles. The summed E-state index contributed by atoms with van der Waals surface area (Å²) in [5.74, 6) is -2.11. The van der Waals surface area contributed by atoms with Crippen LogP contribution in [0.2, 0.25) is 5.02 Å². The van der Waals surface area contributed by atoms with Crippen molar-refractivity contribution in [2.75, 3.05) is 4.90 Å². The normalized spacial score (nSPS) is 28.1. The highest BCUT2D eigenvalue weighted by atomic mass is 35.5. The molecular formula is C15H14ClNO4. The van der Waals surface area contributed by atoms with Gasteiger partial charge in [0.25, 0.3) is 0 Å².